The van der Waals surface area contributed by atoms with E-state index in [0.717, 1.165) is 0 Å². The van der Waals surface area contributed by atoms with Gasteiger partial charge in [-0.1, -0.05) is 18.2 Å². The van der Waals surface area contributed by atoms with Crippen LogP contribution in [0.2, 0.25) is 0 Å². The summed E-state index contributed by atoms with van der Waals surface area (Å²) >= 11 is 5.53. The van der Waals surface area contributed by atoms with E-state index in [2.05, 4.69) is 6.58 Å². The van der Waals surface area contributed by atoms with Crippen molar-refractivity contribution < 1.29 is 14.5 Å². The van der Waals surface area contributed by atoms with Gasteiger partial charge in [0.05, 0.1) is 10.5 Å². The van der Waals surface area contributed by atoms with E-state index in [-0.39, 0.29) is 34.4 Å². The Morgan fingerprint density at radius 1 is 1.59 bits per heavy atom. The molecule has 0 N–H and O–H groups in total. The number of halogens is 1. The highest BCUT2D eigenvalue weighted by molar-refractivity contribution is 6.29. The normalized spacial score (nSPS) is 9.76. The smallest absolute Gasteiger partial charge is 0.270 e. The van der Waals surface area contributed by atoms with Crippen molar-refractivity contribution in [2.24, 2.45) is 0 Å². The summed E-state index contributed by atoms with van der Waals surface area (Å²) in [5.41, 5.74) is -0.00985. The van der Waals surface area contributed by atoms with Crippen molar-refractivity contribution in [2.75, 3.05) is 6.61 Å². The Morgan fingerprint density at radius 3 is 2.71 bits per heavy atom. The molecule has 0 aromatic heterocycles. The Labute approximate surface area is 103 Å². The predicted molar refractivity (Wildman–Crippen MR) is 63.6 cm³/mol. The van der Waals surface area contributed by atoms with Crippen LogP contribution in [0.4, 0.5) is 5.69 Å². The molecular formula is C11H10ClNO4. The Hall–Kier alpha value is -1.88. The van der Waals surface area contributed by atoms with Crippen LogP contribution in [0.25, 0.3) is 0 Å². The second-order valence-corrected chi connectivity index (χ2v) is 3.83. The highest BCUT2D eigenvalue weighted by atomic mass is 35.5. The van der Waals surface area contributed by atoms with Crippen LogP contribution in [0, 0.1) is 10.1 Å². The highest BCUT2D eigenvalue weighted by Gasteiger charge is 2.14. The zero-order valence-corrected chi connectivity index (χ0v) is 9.86. The molecule has 0 aliphatic rings. The average molecular weight is 256 g/mol. The van der Waals surface area contributed by atoms with Crippen LogP contribution in [0.15, 0.2) is 29.8 Å². The zero-order chi connectivity index (χ0) is 13.0. The summed E-state index contributed by atoms with van der Waals surface area (Å²) in [5.74, 6) is -0.0613. The standard InChI is InChI=1S/C11H10ClNO4/c1-7(12)6-17-11-4-3-9(13(15)16)5-10(11)8(2)14/h3-5H,1,6H2,2H3. The molecule has 0 saturated heterocycles. The molecule has 0 spiro atoms. The van der Waals surface area contributed by atoms with Gasteiger partial charge >= 0.3 is 0 Å². The van der Waals surface area contributed by atoms with Crippen LogP contribution >= 0.6 is 11.6 Å². The summed E-state index contributed by atoms with van der Waals surface area (Å²) in [7, 11) is 0. The molecule has 1 aromatic rings. The molecule has 90 valence electrons. The molecule has 17 heavy (non-hydrogen) atoms. The first kappa shape index (κ1) is 13.2. The van der Waals surface area contributed by atoms with Gasteiger partial charge in [0.2, 0.25) is 0 Å². The van der Waals surface area contributed by atoms with Crippen LogP contribution in [-0.2, 0) is 0 Å². The second-order valence-electron chi connectivity index (χ2n) is 3.30. The number of ether oxygens (including phenoxy) is 1. The Kier molecular flexibility index (Phi) is 4.23. The summed E-state index contributed by atoms with van der Waals surface area (Å²) in [6.07, 6.45) is 0. The minimum atomic E-state index is -0.573. The van der Waals surface area contributed by atoms with Gasteiger partial charge in [-0.25, -0.2) is 0 Å². The molecule has 0 saturated carbocycles. The van der Waals surface area contributed by atoms with E-state index in [1.165, 1.54) is 25.1 Å². The maximum absolute atomic E-state index is 11.3. The molecule has 1 rings (SSSR count). The molecule has 0 aliphatic heterocycles. The summed E-state index contributed by atoms with van der Waals surface area (Å²) in [4.78, 5) is 21.3. The number of Topliss-reactive ketones (excluding diaryl/α,β-unsaturated/α-hetero) is 1. The number of ketones is 1. The third kappa shape index (κ3) is 3.57. The summed E-state index contributed by atoms with van der Waals surface area (Å²) in [5, 5.41) is 10.8. The first-order chi connectivity index (χ1) is 7.91. The molecule has 0 unspecified atom stereocenters. The van der Waals surface area contributed by atoms with Gasteiger partial charge in [0.15, 0.2) is 5.78 Å². The van der Waals surface area contributed by atoms with Crippen molar-refractivity contribution in [1.82, 2.24) is 0 Å². The lowest BCUT2D eigenvalue weighted by molar-refractivity contribution is -0.384. The molecule has 0 radical (unpaired) electrons. The fourth-order valence-electron chi connectivity index (χ4n) is 1.19. The van der Waals surface area contributed by atoms with Gasteiger partial charge in [-0.15, -0.1) is 0 Å². The Morgan fingerprint density at radius 2 is 2.24 bits per heavy atom. The molecule has 0 fully saturated rings. The van der Waals surface area contributed by atoms with Crippen LogP contribution < -0.4 is 4.74 Å². The number of nitrogens with zero attached hydrogens (tertiary/aromatic N) is 1. The van der Waals surface area contributed by atoms with Crippen molar-refractivity contribution in [2.45, 2.75) is 6.92 Å². The first-order valence-electron chi connectivity index (χ1n) is 4.67. The number of hydrogen-bond acceptors (Lipinski definition) is 4. The van der Waals surface area contributed by atoms with Crippen LogP contribution in [0.1, 0.15) is 17.3 Å². The number of carbonyl (C=O) groups is 1. The van der Waals surface area contributed by atoms with Gasteiger partial charge in [0.1, 0.15) is 12.4 Å². The molecule has 0 heterocycles. The number of nitro benzene ring substituents is 1. The Bertz CT molecular complexity index is 484. The largest absolute Gasteiger partial charge is 0.487 e. The summed E-state index contributed by atoms with van der Waals surface area (Å²) in [6, 6.07) is 3.81. The average Bonchev–Trinajstić information content (AvgIpc) is 2.25. The maximum atomic E-state index is 11.3. The molecule has 0 amide bonds. The number of nitro groups is 1. The van der Waals surface area contributed by atoms with Crippen LogP contribution in [-0.4, -0.2) is 17.3 Å². The second kappa shape index (κ2) is 5.45. The van der Waals surface area contributed by atoms with Crippen molar-refractivity contribution in [3.05, 3.63) is 45.5 Å². The van der Waals surface area contributed by atoms with Gasteiger partial charge in [0, 0.05) is 17.2 Å². The van der Waals surface area contributed by atoms with Gasteiger partial charge < -0.3 is 4.74 Å². The van der Waals surface area contributed by atoms with Gasteiger partial charge in [-0.05, 0) is 13.0 Å². The van der Waals surface area contributed by atoms with Gasteiger partial charge in [0.25, 0.3) is 5.69 Å². The predicted octanol–water partition coefficient (Wildman–Crippen LogP) is 2.93. The molecule has 0 bridgehead atoms. The van der Waals surface area contributed by atoms with E-state index in [1.54, 1.807) is 0 Å². The van der Waals surface area contributed by atoms with Crippen molar-refractivity contribution in [3.63, 3.8) is 0 Å². The van der Waals surface area contributed by atoms with Gasteiger partial charge in [-0.2, -0.15) is 0 Å². The van der Waals surface area contributed by atoms with E-state index in [1.807, 2.05) is 0 Å². The zero-order valence-electron chi connectivity index (χ0n) is 9.10. The van der Waals surface area contributed by atoms with Crippen molar-refractivity contribution in [3.8, 4) is 5.75 Å². The van der Waals surface area contributed by atoms with E-state index in [9.17, 15) is 14.9 Å². The van der Waals surface area contributed by atoms with Crippen LogP contribution in [0.3, 0.4) is 0 Å². The maximum Gasteiger partial charge on any atom is 0.270 e. The van der Waals surface area contributed by atoms with Crippen molar-refractivity contribution >= 4 is 23.1 Å². The molecular weight excluding hydrogens is 246 g/mol. The lowest BCUT2D eigenvalue weighted by Gasteiger charge is -2.08. The fourth-order valence-corrected chi connectivity index (χ4v) is 1.24. The quantitative estimate of drug-likeness (QED) is 0.461. The molecule has 0 atom stereocenters. The number of benzene rings is 1. The van der Waals surface area contributed by atoms with Crippen LogP contribution in [0.5, 0.6) is 5.75 Å². The summed E-state index contributed by atoms with van der Waals surface area (Å²) in [6.45, 7) is 4.79. The first-order valence-corrected chi connectivity index (χ1v) is 5.05. The van der Waals surface area contributed by atoms with E-state index < -0.39 is 4.92 Å². The molecule has 1 aromatic carbocycles. The van der Waals surface area contributed by atoms with Gasteiger partial charge in [-0.3, -0.25) is 14.9 Å². The Balaban J connectivity index is 3.08. The summed E-state index contributed by atoms with van der Waals surface area (Å²) < 4.78 is 5.22. The number of carbonyl (C=O) groups excluding carboxylic acids is 1. The van der Waals surface area contributed by atoms with E-state index in [4.69, 9.17) is 16.3 Å². The SMILES string of the molecule is C=C(Cl)COc1ccc([N+](=O)[O-])cc1C(C)=O. The topological polar surface area (TPSA) is 69.4 Å². The number of hydrogen-bond donors (Lipinski definition) is 0. The molecule has 6 heteroatoms. The number of non-ortho nitro benzene ring substituents is 1. The lowest BCUT2D eigenvalue weighted by Crippen LogP contribution is -2.03. The third-order valence-electron chi connectivity index (χ3n) is 1.94. The lowest BCUT2D eigenvalue weighted by atomic mass is 10.1. The molecule has 5 nitrogen and oxygen atoms in total. The minimum absolute atomic E-state index is 0.0413. The van der Waals surface area contributed by atoms with Crippen molar-refractivity contribution in [1.29, 1.82) is 0 Å². The third-order valence-corrected chi connectivity index (χ3v) is 2.05. The minimum Gasteiger partial charge on any atom is -0.487 e. The highest BCUT2D eigenvalue weighted by Crippen LogP contribution is 2.25. The number of rotatable bonds is 5. The monoisotopic (exact) mass is 255 g/mol. The molecule has 0 aliphatic carbocycles. The van der Waals surface area contributed by atoms with E-state index in [0.29, 0.717) is 0 Å². The fraction of sp³-hybridized carbons (Fsp3) is 0.182. The van der Waals surface area contributed by atoms with E-state index >= 15 is 0 Å².